The van der Waals surface area contributed by atoms with Gasteiger partial charge in [0.1, 0.15) is 11.5 Å². The Kier molecular flexibility index (Phi) is 5.41. The van der Waals surface area contributed by atoms with Gasteiger partial charge in [-0.1, -0.05) is 13.3 Å². The van der Waals surface area contributed by atoms with Crippen LogP contribution >= 0.6 is 0 Å². The quantitative estimate of drug-likeness (QED) is 0.891. The molecule has 0 aliphatic carbocycles. The second kappa shape index (κ2) is 7.49. The van der Waals surface area contributed by atoms with E-state index in [9.17, 15) is 9.18 Å². The molecule has 0 atom stereocenters. The predicted octanol–water partition coefficient (Wildman–Crippen LogP) is 3.10. The van der Waals surface area contributed by atoms with Crippen molar-refractivity contribution in [1.82, 2.24) is 9.97 Å². The minimum Gasteiger partial charge on any atom is -0.344 e. The van der Waals surface area contributed by atoms with Crippen LogP contribution in [0.1, 0.15) is 30.3 Å². The summed E-state index contributed by atoms with van der Waals surface area (Å²) >= 11 is 0. The summed E-state index contributed by atoms with van der Waals surface area (Å²) in [4.78, 5) is 22.5. The molecule has 1 amide bonds. The summed E-state index contributed by atoms with van der Waals surface area (Å²) in [6.45, 7) is 2.95. The minimum atomic E-state index is -0.348. The molecule has 0 fully saturated rings. The Labute approximate surface area is 129 Å². The maximum atomic E-state index is 12.9. The zero-order valence-corrected chi connectivity index (χ0v) is 12.7. The Morgan fingerprint density at radius 1 is 1.27 bits per heavy atom. The number of carbonyl (C=O) groups is 1. The molecule has 0 radical (unpaired) electrons. The number of rotatable bonds is 6. The third kappa shape index (κ3) is 4.25. The van der Waals surface area contributed by atoms with Gasteiger partial charge in [-0.05, 0) is 36.8 Å². The van der Waals surface area contributed by atoms with Crippen molar-refractivity contribution in [3.05, 3.63) is 48.0 Å². The van der Waals surface area contributed by atoms with Crippen molar-refractivity contribution < 1.29 is 9.18 Å². The van der Waals surface area contributed by atoms with E-state index in [4.69, 9.17) is 0 Å². The van der Waals surface area contributed by atoms with Crippen LogP contribution < -0.4 is 10.2 Å². The van der Waals surface area contributed by atoms with Gasteiger partial charge in [0.2, 0.25) is 5.95 Å². The van der Waals surface area contributed by atoms with E-state index in [1.165, 1.54) is 24.3 Å². The van der Waals surface area contributed by atoms with E-state index in [1.54, 1.807) is 12.3 Å². The fourth-order valence-electron chi connectivity index (χ4n) is 1.88. The molecule has 1 aromatic heterocycles. The number of nitrogens with one attached hydrogen (secondary N) is 1. The summed E-state index contributed by atoms with van der Waals surface area (Å²) in [5.41, 5.74) is 0.795. The molecule has 0 aliphatic rings. The summed E-state index contributed by atoms with van der Waals surface area (Å²) in [6, 6.07) is 7.14. The summed E-state index contributed by atoms with van der Waals surface area (Å²) in [7, 11) is 1.90. The summed E-state index contributed by atoms with van der Waals surface area (Å²) in [5, 5.41) is 2.68. The average Bonchev–Trinajstić information content (AvgIpc) is 2.54. The molecule has 5 nitrogen and oxygen atoms in total. The van der Waals surface area contributed by atoms with Crippen molar-refractivity contribution in [2.24, 2.45) is 0 Å². The normalized spacial score (nSPS) is 10.3. The molecule has 1 aromatic carbocycles. The Bertz CT molecular complexity index is 630. The number of unbranched alkanes of at least 4 members (excludes halogenated alkanes) is 1. The van der Waals surface area contributed by atoms with Crippen molar-refractivity contribution in [3.63, 3.8) is 0 Å². The van der Waals surface area contributed by atoms with E-state index in [0.29, 0.717) is 11.6 Å². The van der Waals surface area contributed by atoms with E-state index in [2.05, 4.69) is 22.2 Å². The van der Waals surface area contributed by atoms with Crippen LogP contribution in [0.15, 0.2) is 36.5 Å². The second-order valence-corrected chi connectivity index (χ2v) is 4.98. The molecule has 22 heavy (non-hydrogen) atoms. The van der Waals surface area contributed by atoms with Crippen molar-refractivity contribution >= 4 is 17.5 Å². The van der Waals surface area contributed by atoms with Crippen LogP contribution in [0.25, 0.3) is 0 Å². The lowest BCUT2D eigenvalue weighted by Gasteiger charge is -2.16. The Balaban J connectivity index is 2.08. The number of aromatic nitrogens is 2. The number of anilines is 2. The minimum absolute atomic E-state index is 0.276. The molecule has 1 heterocycles. The number of hydrogen-bond acceptors (Lipinski definition) is 4. The van der Waals surface area contributed by atoms with E-state index >= 15 is 0 Å². The lowest BCUT2D eigenvalue weighted by molar-refractivity contribution is 0.102. The predicted molar refractivity (Wildman–Crippen MR) is 84.6 cm³/mol. The zero-order chi connectivity index (χ0) is 15.9. The number of benzene rings is 1. The topological polar surface area (TPSA) is 58.1 Å². The van der Waals surface area contributed by atoms with Crippen molar-refractivity contribution in [3.8, 4) is 0 Å². The van der Waals surface area contributed by atoms with Gasteiger partial charge >= 0.3 is 0 Å². The Morgan fingerprint density at radius 3 is 2.68 bits per heavy atom. The van der Waals surface area contributed by atoms with Crippen LogP contribution in [-0.2, 0) is 0 Å². The highest BCUT2D eigenvalue weighted by molar-refractivity contribution is 6.02. The van der Waals surface area contributed by atoms with Gasteiger partial charge in [0, 0.05) is 25.5 Å². The van der Waals surface area contributed by atoms with Crippen molar-refractivity contribution in [1.29, 1.82) is 0 Å². The number of halogens is 1. The Hall–Kier alpha value is -2.50. The van der Waals surface area contributed by atoms with Gasteiger partial charge in [-0.2, -0.15) is 0 Å². The molecule has 6 heteroatoms. The third-order valence-corrected chi connectivity index (χ3v) is 3.17. The molecule has 0 spiro atoms. The molecule has 0 saturated heterocycles. The van der Waals surface area contributed by atoms with Crippen molar-refractivity contribution in [2.75, 3.05) is 23.8 Å². The molecule has 2 rings (SSSR count). The van der Waals surface area contributed by atoms with Gasteiger partial charge in [-0.25, -0.2) is 14.4 Å². The van der Waals surface area contributed by atoms with Crippen LogP contribution in [0.2, 0.25) is 0 Å². The third-order valence-electron chi connectivity index (χ3n) is 3.17. The van der Waals surface area contributed by atoms with Gasteiger partial charge in [-0.15, -0.1) is 0 Å². The fraction of sp³-hybridized carbons (Fsp3) is 0.312. The first-order valence-electron chi connectivity index (χ1n) is 7.21. The van der Waals surface area contributed by atoms with Crippen LogP contribution in [0.4, 0.5) is 16.0 Å². The first kappa shape index (κ1) is 15.9. The van der Waals surface area contributed by atoms with Crippen molar-refractivity contribution in [2.45, 2.75) is 19.8 Å². The van der Waals surface area contributed by atoms with Crippen LogP contribution in [0, 0.1) is 5.82 Å². The molecule has 0 unspecified atom stereocenters. The fourth-order valence-corrected chi connectivity index (χ4v) is 1.88. The van der Waals surface area contributed by atoms with Gasteiger partial charge in [0.05, 0.1) is 0 Å². The standard InChI is InChI=1S/C16H19FN4O/c1-3-4-11-21(2)16-18-10-9-14(20-16)15(22)19-13-7-5-12(17)6-8-13/h5-10H,3-4,11H2,1-2H3,(H,19,22). The van der Waals surface area contributed by atoms with E-state index in [1.807, 2.05) is 11.9 Å². The van der Waals surface area contributed by atoms with E-state index in [0.717, 1.165) is 19.4 Å². The number of carbonyl (C=O) groups excluding carboxylic acids is 1. The molecule has 1 N–H and O–H groups in total. The van der Waals surface area contributed by atoms with E-state index < -0.39 is 0 Å². The summed E-state index contributed by atoms with van der Waals surface area (Å²) < 4.78 is 12.9. The summed E-state index contributed by atoms with van der Waals surface area (Å²) in [5.74, 6) is -0.181. The second-order valence-electron chi connectivity index (χ2n) is 4.98. The average molecular weight is 302 g/mol. The van der Waals surface area contributed by atoms with Gasteiger partial charge in [-0.3, -0.25) is 4.79 Å². The lowest BCUT2D eigenvalue weighted by atomic mass is 10.3. The van der Waals surface area contributed by atoms with Crippen LogP contribution in [0.5, 0.6) is 0 Å². The van der Waals surface area contributed by atoms with E-state index in [-0.39, 0.29) is 17.4 Å². The maximum Gasteiger partial charge on any atom is 0.274 e. The molecule has 0 aliphatic heterocycles. The van der Waals surface area contributed by atoms with Gasteiger partial charge < -0.3 is 10.2 Å². The lowest BCUT2D eigenvalue weighted by Crippen LogP contribution is -2.22. The number of amides is 1. The molecule has 0 bridgehead atoms. The smallest absolute Gasteiger partial charge is 0.274 e. The maximum absolute atomic E-state index is 12.9. The monoisotopic (exact) mass is 302 g/mol. The first-order chi connectivity index (χ1) is 10.6. The van der Waals surface area contributed by atoms with Gasteiger partial charge in [0.25, 0.3) is 5.91 Å². The highest BCUT2D eigenvalue weighted by atomic mass is 19.1. The Morgan fingerprint density at radius 2 is 2.00 bits per heavy atom. The van der Waals surface area contributed by atoms with Crippen LogP contribution in [0.3, 0.4) is 0 Å². The molecular formula is C16H19FN4O. The first-order valence-corrected chi connectivity index (χ1v) is 7.21. The highest BCUT2D eigenvalue weighted by Gasteiger charge is 2.11. The number of hydrogen-bond donors (Lipinski definition) is 1. The number of nitrogens with zero attached hydrogens (tertiary/aromatic N) is 3. The van der Waals surface area contributed by atoms with Gasteiger partial charge in [0.15, 0.2) is 0 Å². The molecular weight excluding hydrogens is 283 g/mol. The SMILES string of the molecule is CCCCN(C)c1nccc(C(=O)Nc2ccc(F)cc2)n1. The molecule has 0 saturated carbocycles. The molecule has 116 valence electrons. The zero-order valence-electron chi connectivity index (χ0n) is 12.7. The van der Waals surface area contributed by atoms with Crippen LogP contribution in [-0.4, -0.2) is 29.5 Å². The molecule has 2 aromatic rings. The largest absolute Gasteiger partial charge is 0.344 e. The highest BCUT2D eigenvalue weighted by Crippen LogP contribution is 2.11. The summed E-state index contributed by atoms with van der Waals surface area (Å²) in [6.07, 6.45) is 3.67.